The molecule has 2 aromatic heterocycles. The molecular weight excluding hydrogens is 384 g/mol. The number of amides is 1. The van der Waals surface area contributed by atoms with Crippen molar-refractivity contribution in [1.82, 2.24) is 14.9 Å². The molecule has 2 heterocycles. The Morgan fingerprint density at radius 1 is 1.11 bits per heavy atom. The van der Waals surface area contributed by atoms with Gasteiger partial charge in [0.25, 0.3) is 0 Å². The van der Waals surface area contributed by atoms with Crippen molar-refractivity contribution in [1.29, 1.82) is 0 Å². The van der Waals surface area contributed by atoms with Crippen LogP contribution >= 0.6 is 0 Å². The van der Waals surface area contributed by atoms with Crippen LogP contribution in [0.15, 0.2) is 64.1 Å². The molecule has 3 rings (SSSR count). The minimum Gasteiger partial charge on any atom is -0.475 e. The van der Waals surface area contributed by atoms with Crippen LogP contribution in [0.25, 0.3) is 11.5 Å². The molecular formula is C18H18N4O5S. The number of aromatic nitrogens is 2. The lowest BCUT2D eigenvalue weighted by atomic mass is 10.3. The number of benzene rings is 1. The maximum atomic E-state index is 12.3. The summed E-state index contributed by atoms with van der Waals surface area (Å²) < 4.78 is 37.6. The van der Waals surface area contributed by atoms with Gasteiger partial charge in [0.2, 0.25) is 21.8 Å². The third kappa shape index (κ3) is 5.15. The summed E-state index contributed by atoms with van der Waals surface area (Å²) in [7, 11) is -3.69. The molecule has 28 heavy (non-hydrogen) atoms. The largest absolute Gasteiger partial charge is 0.475 e. The van der Waals surface area contributed by atoms with E-state index in [9.17, 15) is 13.2 Å². The second kappa shape index (κ2) is 8.63. The van der Waals surface area contributed by atoms with Crippen LogP contribution < -0.4 is 14.8 Å². The predicted octanol–water partition coefficient (Wildman–Crippen LogP) is 2.05. The number of nitrogens with zero attached hydrogens (tertiary/aromatic N) is 2. The second-order valence-corrected chi connectivity index (χ2v) is 7.45. The monoisotopic (exact) mass is 402 g/mol. The Kier molecular flexibility index (Phi) is 6.02. The molecule has 0 aliphatic rings. The number of ether oxygens (including phenoxy) is 1. The average molecular weight is 402 g/mol. The molecule has 0 atom stereocenters. The first-order valence-corrected chi connectivity index (χ1v) is 9.80. The third-order valence-corrected chi connectivity index (χ3v) is 5.02. The normalized spacial score (nSPS) is 11.2. The highest BCUT2D eigenvalue weighted by Gasteiger charge is 2.13. The van der Waals surface area contributed by atoms with Crippen LogP contribution in [-0.4, -0.2) is 37.7 Å². The molecule has 0 aliphatic heterocycles. The van der Waals surface area contributed by atoms with Gasteiger partial charge in [-0.1, -0.05) is 0 Å². The number of anilines is 1. The molecule has 0 fully saturated rings. The molecule has 0 saturated carbocycles. The predicted molar refractivity (Wildman–Crippen MR) is 101 cm³/mol. The van der Waals surface area contributed by atoms with Gasteiger partial charge in [-0.05, 0) is 42.5 Å². The first-order valence-electron chi connectivity index (χ1n) is 8.32. The highest BCUT2D eigenvalue weighted by molar-refractivity contribution is 7.89. The Morgan fingerprint density at radius 3 is 2.50 bits per heavy atom. The maximum absolute atomic E-state index is 12.3. The van der Waals surface area contributed by atoms with Crippen molar-refractivity contribution in [2.45, 2.75) is 11.8 Å². The van der Waals surface area contributed by atoms with Gasteiger partial charge in [-0.3, -0.25) is 4.79 Å². The number of carbonyl (C=O) groups is 1. The van der Waals surface area contributed by atoms with Gasteiger partial charge >= 0.3 is 0 Å². The lowest BCUT2D eigenvalue weighted by molar-refractivity contribution is -0.114. The minimum absolute atomic E-state index is 0.0530. The zero-order valence-electron chi connectivity index (χ0n) is 15.0. The van der Waals surface area contributed by atoms with E-state index in [2.05, 4.69) is 20.2 Å². The summed E-state index contributed by atoms with van der Waals surface area (Å²) in [4.78, 5) is 11.1. The quantitative estimate of drug-likeness (QED) is 0.553. The van der Waals surface area contributed by atoms with E-state index in [1.54, 1.807) is 30.5 Å². The van der Waals surface area contributed by atoms with Gasteiger partial charge in [0, 0.05) is 25.2 Å². The fraction of sp³-hybridized carbons (Fsp3) is 0.167. The first-order chi connectivity index (χ1) is 13.4. The van der Waals surface area contributed by atoms with E-state index in [1.165, 1.54) is 31.2 Å². The molecule has 0 saturated heterocycles. The van der Waals surface area contributed by atoms with Crippen molar-refractivity contribution < 1.29 is 22.4 Å². The molecule has 0 aliphatic carbocycles. The van der Waals surface area contributed by atoms with Gasteiger partial charge in [-0.2, -0.15) is 0 Å². The molecule has 146 valence electrons. The zero-order chi connectivity index (χ0) is 20.0. The number of hydrogen-bond acceptors (Lipinski definition) is 7. The van der Waals surface area contributed by atoms with Crippen molar-refractivity contribution in [2.24, 2.45) is 0 Å². The fourth-order valence-electron chi connectivity index (χ4n) is 2.29. The van der Waals surface area contributed by atoms with E-state index < -0.39 is 10.0 Å². The number of nitrogens with one attached hydrogen (secondary N) is 2. The van der Waals surface area contributed by atoms with E-state index >= 15 is 0 Å². The molecule has 1 aromatic carbocycles. The van der Waals surface area contributed by atoms with E-state index in [4.69, 9.17) is 9.15 Å². The van der Waals surface area contributed by atoms with Crippen LogP contribution in [0, 0.1) is 0 Å². The Morgan fingerprint density at radius 2 is 1.89 bits per heavy atom. The smallest absolute Gasteiger partial charge is 0.240 e. The highest BCUT2D eigenvalue weighted by atomic mass is 32.2. The van der Waals surface area contributed by atoms with Gasteiger partial charge in [-0.15, -0.1) is 10.2 Å². The van der Waals surface area contributed by atoms with Crippen LogP contribution in [0.2, 0.25) is 0 Å². The average Bonchev–Trinajstić information content (AvgIpc) is 3.20. The summed E-state index contributed by atoms with van der Waals surface area (Å²) in [6, 6.07) is 12.7. The zero-order valence-corrected chi connectivity index (χ0v) is 15.8. The number of hydrogen-bond donors (Lipinski definition) is 2. The van der Waals surface area contributed by atoms with Crippen molar-refractivity contribution in [3.8, 4) is 17.3 Å². The second-order valence-electron chi connectivity index (χ2n) is 5.69. The van der Waals surface area contributed by atoms with Crippen molar-refractivity contribution in [2.75, 3.05) is 18.5 Å². The van der Waals surface area contributed by atoms with Gasteiger partial charge in [0.1, 0.15) is 12.3 Å². The maximum Gasteiger partial charge on any atom is 0.240 e. The van der Waals surface area contributed by atoms with Crippen LogP contribution in [0.5, 0.6) is 5.88 Å². The van der Waals surface area contributed by atoms with Crippen molar-refractivity contribution >= 4 is 21.6 Å². The van der Waals surface area contributed by atoms with Gasteiger partial charge in [-0.25, -0.2) is 13.1 Å². The van der Waals surface area contributed by atoms with Crippen LogP contribution in [-0.2, 0) is 14.8 Å². The summed E-state index contributed by atoms with van der Waals surface area (Å²) in [5.41, 5.74) is 1.09. The van der Waals surface area contributed by atoms with E-state index in [-0.39, 0.29) is 29.8 Å². The Hall–Kier alpha value is -3.24. The topological polar surface area (TPSA) is 123 Å². The fourth-order valence-corrected chi connectivity index (χ4v) is 3.30. The molecule has 0 radical (unpaired) electrons. The highest BCUT2D eigenvalue weighted by Crippen LogP contribution is 2.18. The number of sulfonamides is 1. The standard InChI is InChI=1S/C18H18N4O5S/c1-13(23)20-14-4-6-15(7-5-14)28(24,25)19-10-12-27-18-9-8-16(21-22-18)17-3-2-11-26-17/h2-9,11,19H,10,12H2,1H3,(H,20,23). The van der Waals surface area contributed by atoms with E-state index in [1.807, 2.05) is 0 Å². The number of rotatable bonds is 8. The molecule has 2 N–H and O–H groups in total. The van der Waals surface area contributed by atoms with Crippen LogP contribution in [0.4, 0.5) is 5.69 Å². The van der Waals surface area contributed by atoms with Gasteiger partial charge in [0.15, 0.2) is 5.76 Å². The lowest BCUT2D eigenvalue weighted by Crippen LogP contribution is -2.28. The summed E-state index contributed by atoms with van der Waals surface area (Å²) >= 11 is 0. The molecule has 0 unspecified atom stereocenters. The first kappa shape index (κ1) is 19.5. The summed E-state index contributed by atoms with van der Waals surface area (Å²) in [5.74, 6) is 0.636. The number of carbonyl (C=O) groups excluding carboxylic acids is 1. The SMILES string of the molecule is CC(=O)Nc1ccc(S(=O)(=O)NCCOc2ccc(-c3ccco3)nn2)cc1. The lowest BCUT2D eigenvalue weighted by Gasteiger charge is -2.09. The Labute approximate surface area is 161 Å². The molecule has 1 amide bonds. The molecule has 10 heteroatoms. The van der Waals surface area contributed by atoms with Gasteiger partial charge in [0.05, 0.1) is 11.2 Å². The Balaban J connectivity index is 1.49. The third-order valence-electron chi connectivity index (χ3n) is 3.54. The summed E-state index contributed by atoms with van der Waals surface area (Å²) in [6.07, 6.45) is 1.54. The van der Waals surface area contributed by atoms with Crippen LogP contribution in [0.3, 0.4) is 0 Å². The van der Waals surface area contributed by atoms with E-state index in [0.717, 1.165) is 0 Å². The Bertz CT molecular complexity index is 1020. The minimum atomic E-state index is -3.69. The molecule has 0 spiro atoms. The molecule has 0 bridgehead atoms. The molecule has 9 nitrogen and oxygen atoms in total. The summed E-state index contributed by atoms with van der Waals surface area (Å²) in [5, 5.41) is 10.5. The summed E-state index contributed by atoms with van der Waals surface area (Å²) in [6.45, 7) is 1.51. The van der Waals surface area contributed by atoms with E-state index in [0.29, 0.717) is 17.1 Å². The van der Waals surface area contributed by atoms with Crippen molar-refractivity contribution in [3.63, 3.8) is 0 Å². The molecule has 3 aromatic rings. The van der Waals surface area contributed by atoms with Crippen LogP contribution in [0.1, 0.15) is 6.92 Å². The van der Waals surface area contributed by atoms with Gasteiger partial charge < -0.3 is 14.5 Å². The van der Waals surface area contributed by atoms with Crippen molar-refractivity contribution in [3.05, 3.63) is 54.8 Å². The number of furan rings is 1.